The molecule has 2 rings (SSSR count). The predicted octanol–water partition coefficient (Wildman–Crippen LogP) is 0.685. The first-order chi connectivity index (χ1) is 10.6. The highest BCUT2D eigenvalue weighted by molar-refractivity contribution is 5.81. The SMILES string of the molecule is NC(N)=NN=Cc1ccc(OCC(=O)N2CCCCC2)cc1. The van der Waals surface area contributed by atoms with Crippen molar-refractivity contribution in [3.8, 4) is 5.75 Å². The summed E-state index contributed by atoms with van der Waals surface area (Å²) in [5.41, 5.74) is 11.2. The van der Waals surface area contributed by atoms with Crippen molar-refractivity contribution < 1.29 is 9.53 Å². The van der Waals surface area contributed by atoms with Gasteiger partial charge in [0.25, 0.3) is 5.91 Å². The molecular formula is C15H21N5O2. The van der Waals surface area contributed by atoms with Crippen molar-refractivity contribution in [3.05, 3.63) is 29.8 Å². The molecule has 1 saturated heterocycles. The summed E-state index contributed by atoms with van der Waals surface area (Å²) < 4.78 is 5.52. The summed E-state index contributed by atoms with van der Waals surface area (Å²) in [6.07, 6.45) is 4.89. The van der Waals surface area contributed by atoms with Gasteiger partial charge in [-0.3, -0.25) is 4.79 Å². The fourth-order valence-corrected chi connectivity index (χ4v) is 2.19. The smallest absolute Gasteiger partial charge is 0.260 e. The average Bonchev–Trinajstić information content (AvgIpc) is 2.54. The quantitative estimate of drug-likeness (QED) is 0.474. The van der Waals surface area contributed by atoms with Crippen LogP contribution in [-0.2, 0) is 4.79 Å². The second-order valence-corrected chi connectivity index (χ2v) is 5.07. The van der Waals surface area contributed by atoms with E-state index in [1.807, 2.05) is 17.0 Å². The molecule has 0 unspecified atom stereocenters. The zero-order valence-electron chi connectivity index (χ0n) is 12.4. The molecule has 0 radical (unpaired) electrons. The van der Waals surface area contributed by atoms with Gasteiger partial charge >= 0.3 is 0 Å². The van der Waals surface area contributed by atoms with Crippen LogP contribution in [0, 0.1) is 0 Å². The molecular weight excluding hydrogens is 282 g/mol. The predicted molar refractivity (Wildman–Crippen MR) is 85.8 cm³/mol. The monoisotopic (exact) mass is 303 g/mol. The molecule has 0 aromatic heterocycles. The van der Waals surface area contributed by atoms with E-state index < -0.39 is 0 Å². The third-order valence-corrected chi connectivity index (χ3v) is 3.33. The van der Waals surface area contributed by atoms with E-state index >= 15 is 0 Å². The van der Waals surface area contributed by atoms with Crippen molar-refractivity contribution in [2.45, 2.75) is 19.3 Å². The molecule has 0 spiro atoms. The van der Waals surface area contributed by atoms with Crippen LogP contribution >= 0.6 is 0 Å². The number of benzene rings is 1. The molecule has 1 aliphatic rings. The summed E-state index contributed by atoms with van der Waals surface area (Å²) in [6, 6.07) is 7.18. The number of ether oxygens (including phenoxy) is 1. The van der Waals surface area contributed by atoms with Crippen molar-refractivity contribution in [1.82, 2.24) is 4.90 Å². The summed E-state index contributed by atoms with van der Waals surface area (Å²) in [7, 11) is 0. The highest BCUT2D eigenvalue weighted by Crippen LogP contribution is 2.13. The van der Waals surface area contributed by atoms with E-state index in [9.17, 15) is 4.79 Å². The number of hydrogen-bond acceptors (Lipinski definition) is 4. The van der Waals surface area contributed by atoms with Gasteiger partial charge in [0.2, 0.25) is 5.96 Å². The van der Waals surface area contributed by atoms with E-state index in [-0.39, 0.29) is 18.5 Å². The van der Waals surface area contributed by atoms with Gasteiger partial charge in [-0.2, -0.15) is 5.10 Å². The minimum Gasteiger partial charge on any atom is -0.484 e. The molecule has 0 aliphatic carbocycles. The van der Waals surface area contributed by atoms with Gasteiger partial charge in [-0.1, -0.05) is 0 Å². The number of piperidine rings is 1. The standard InChI is InChI=1S/C15H21N5O2/c16-15(17)19-18-10-12-4-6-13(7-5-12)22-11-14(21)20-8-2-1-3-9-20/h4-7,10H,1-3,8-9,11H2,(H4,16,17,19). The van der Waals surface area contributed by atoms with Crippen LogP contribution in [0.15, 0.2) is 34.5 Å². The van der Waals surface area contributed by atoms with Crippen LogP contribution < -0.4 is 16.2 Å². The summed E-state index contributed by atoms with van der Waals surface area (Å²) in [4.78, 5) is 13.8. The number of guanidine groups is 1. The number of rotatable bonds is 5. The van der Waals surface area contributed by atoms with Gasteiger partial charge in [-0.15, -0.1) is 5.10 Å². The number of nitrogens with zero attached hydrogens (tertiary/aromatic N) is 3. The van der Waals surface area contributed by atoms with Crippen LogP contribution in [0.5, 0.6) is 5.75 Å². The van der Waals surface area contributed by atoms with E-state index in [4.69, 9.17) is 16.2 Å². The van der Waals surface area contributed by atoms with E-state index in [2.05, 4.69) is 10.2 Å². The minimum atomic E-state index is -0.0903. The number of hydrogen-bond donors (Lipinski definition) is 2. The number of likely N-dealkylation sites (tertiary alicyclic amines) is 1. The lowest BCUT2D eigenvalue weighted by Crippen LogP contribution is -2.38. The Labute approximate surface area is 129 Å². The Morgan fingerprint density at radius 1 is 1.18 bits per heavy atom. The molecule has 0 saturated carbocycles. The van der Waals surface area contributed by atoms with Crippen LogP contribution in [0.25, 0.3) is 0 Å². The minimum absolute atomic E-state index is 0.0399. The van der Waals surface area contributed by atoms with Crippen molar-refractivity contribution in [2.24, 2.45) is 21.7 Å². The van der Waals surface area contributed by atoms with Crippen LogP contribution in [-0.4, -0.2) is 42.7 Å². The molecule has 1 amide bonds. The third kappa shape index (κ3) is 5.08. The summed E-state index contributed by atoms with van der Waals surface area (Å²) in [5.74, 6) is 0.592. The van der Waals surface area contributed by atoms with Crippen molar-refractivity contribution in [1.29, 1.82) is 0 Å². The van der Waals surface area contributed by atoms with Crippen LogP contribution in [0.2, 0.25) is 0 Å². The highest BCUT2D eigenvalue weighted by atomic mass is 16.5. The first kappa shape index (κ1) is 15.8. The lowest BCUT2D eigenvalue weighted by Gasteiger charge is -2.26. The third-order valence-electron chi connectivity index (χ3n) is 3.33. The van der Waals surface area contributed by atoms with E-state index in [1.54, 1.807) is 12.1 Å². The summed E-state index contributed by atoms with van der Waals surface area (Å²) >= 11 is 0. The maximum absolute atomic E-state index is 12.0. The Morgan fingerprint density at radius 3 is 2.50 bits per heavy atom. The van der Waals surface area contributed by atoms with Gasteiger partial charge < -0.3 is 21.1 Å². The molecule has 1 aliphatic heterocycles. The van der Waals surface area contributed by atoms with Crippen molar-refractivity contribution in [3.63, 3.8) is 0 Å². The summed E-state index contributed by atoms with van der Waals surface area (Å²) in [5, 5.41) is 7.23. The Balaban J connectivity index is 1.82. The molecule has 0 atom stereocenters. The second-order valence-electron chi connectivity index (χ2n) is 5.07. The molecule has 1 aromatic rings. The lowest BCUT2D eigenvalue weighted by atomic mass is 10.1. The molecule has 118 valence electrons. The number of carbonyl (C=O) groups excluding carboxylic acids is 1. The van der Waals surface area contributed by atoms with E-state index in [0.29, 0.717) is 5.75 Å². The maximum atomic E-state index is 12.0. The zero-order valence-corrected chi connectivity index (χ0v) is 12.4. The Morgan fingerprint density at radius 2 is 1.86 bits per heavy atom. The zero-order chi connectivity index (χ0) is 15.8. The molecule has 1 heterocycles. The normalized spacial score (nSPS) is 14.8. The van der Waals surface area contributed by atoms with Gasteiger partial charge in [0, 0.05) is 13.1 Å². The molecule has 7 heteroatoms. The molecule has 22 heavy (non-hydrogen) atoms. The Bertz CT molecular complexity index is 544. The van der Waals surface area contributed by atoms with E-state index in [1.165, 1.54) is 12.6 Å². The van der Waals surface area contributed by atoms with Gasteiger partial charge in [0.1, 0.15) is 5.75 Å². The van der Waals surface area contributed by atoms with Crippen LogP contribution in [0.3, 0.4) is 0 Å². The van der Waals surface area contributed by atoms with Crippen LogP contribution in [0.4, 0.5) is 0 Å². The fourth-order valence-electron chi connectivity index (χ4n) is 2.19. The average molecular weight is 303 g/mol. The van der Waals surface area contributed by atoms with Crippen LogP contribution in [0.1, 0.15) is 24.8 Å². The van der Waals surface area contributed by atoms with Crippen molar-refractivity contribution in [2.75, 3.05) is 19.7 Å². The summed E-state index contributed by atoms with van der Waals surface area (Å²) in [6.45, 7) is 1.74. The first-order valence-corrected chi connectivity index (χ1v) is 7.28. The molecule has 7 nitrogen and oxygen atoms in total. The van der Waals surface area contributed by atoms with Crippen molar-refractivity contribution >= 4 is 18.1 Å². The van der Waals surface area contributed by atoms with Gasteiger partial charge in [0.05, 0.1) is 6.21 Å². The Kier molecular flexibility index (Phi) is 5.76. The molecule has 0 bridgehead atoms. The van der Waals surface area contributed by atoms with E-state index in [0.717, 1.165) is 31.5 Å². The highest BCUT2D eigenvalue weighted by Gasteiger charge is 2.16. The van der Waals surface area contributed by atoms with Gasteiger partial charge in [-0.25, -0.2) is 0 Å². The molecule has 4 N–H and O–H groups in total. The maximum Gasteiger partial charge on any atom is 0.260 e. The Hall–Kier alpha value is -2.57. The number of nitrogens with two attached hydrogens (primary N) is 2. The second kappa shape index (κ2) is 8.02. The molecule has 1 aromatic carbocycles. The lowest BCUT2D eigenvalue weighted by molar-refractivity contribution is -0.134. The first-order valence-electron chi connectivity index (χ1n) is 7.28. The fraction of sp³-hybridized carbons (Fsp3) is 0.400. The van der Waals surface area contributed by atoms with Gasteiger partial charge in [0.15, 0.2) is 6.61 Å². The number of amides is 1. The number of carbonyl (C=O) groups is 1. The van der Waals surface area contributed by atoms with Gasteiger partial charge in [-0.05, 0) is 49.1 Å². The largest absolute Gasteiger partial charge is 0.484 e. The molecule has 1 fully saturated rings. The topological polar surface area (TPSA) is 106 Å².